The SMILES string of the molecule is CC(Oc1cccc(Cl)c1)C(=O)Nc1ccc(S(=O)(=O)Nc2cccnc2)cc1. The van der Waals surface area contributed by atoms with Crippen LogP contribution in [0.3, 0.4) is 0 Å². The molecule has 1 atom stereocenters. The van der Waals surface area contributed by atoms with Crippen molar-refractivity contribution in [1.29, 1.82) is 0 Å². The third kappa shape index (κ3) is 5.69. The van der Waals surface area contributed by atoms with Crippen molar-refractivity contribution in [3.63, 3.8) is 0 Å². The van der Waals surface area contributed by atoms with E-state index >= 15 is 0 Å². The molecule has 0 bridgehead atoms. The van der Waals surface area contributed by atoms with Crippen LogP contribution in [0.15, 0.2) is 78.0 Å². The van der Waals surface area contributed by atoms with E-state index in [1.165, 1.54) is 30.5 Å². The molecule has 1 heterocycles. The van der Waals surface area contributed by atoms with Crippen LogP contribution in [0.1, 0.15) is 6.92 Å². The molecule has 0 aliphatic heterocycles. The number of nitrogens with zero attached hydrogens (tertiary/aromatic N) is 1. The Hall–Kier alpha value is -3.10. The normalized spacial score (nSPS) is 12.1. The summed E-state index contributed by atoms with van der Waals surface area (Å²) in [4.78, 5) is 16.2. The number of pyridine rings is 1. The highest BCUT2D eigenvalue weighted by Gasteiger charge is 2.17. The average Bonchev–Trinajstić information content (AvgIpc) is 2.69. The number of sulfonamides is 1. The molecule has 29 heavy (non-hydrogen) atoms. The quantitative estimate of drug-likeness (QED) is 0.590. The van der Waals surface area contributed by atoms with Gasteiger partial charge in [-0.2, -0.15) is 0 Å². The maximum absolute atomic E-state index is 12.4. The third-order valence-electron chi connectivity index (χ3n) is 3.82. The van der Waals surface area contributed by atoms with Crippen molar-refractivity contribution < 1.29 is 17.9 Å². The fourth-order valence-electron chi connectivity index (χ4n) is 2.40. The van der Waals surface area contributed by atoms with E-state index in [2.05, 4.69) is 15.0 Å². The molecule has 0 saturated heterocycles. The first-order valence-corrected chi connectivity index (χ1v) is 10.5. The van der Waals surface area contributed by atoms with E-state index in [-0.39, 0.29) is 10.8 Å². The Balaban J connectivity index is 1.63. The molecule has 0 aliphatic carbocycles. The zero-order valence-corrected chi connectivity index (χ0v) is 16.9. The van der Waals surface area contributed by atoms with Gasteiger partial charge in [0.1, 0.15) is 5.75 Å². The van der Waals surface area contributed by atoms with Crippen molar-refractivity contribution in [2.75, 3.05) is 10.0 Å². The Morgan fingerprint density at radius 2 is 1.83 bits per heavy atom. The molecule has 0 aliphatic rings. The maximum Gasteiger partial charge on any atom is 0.265 e. The van der Waals surface area contributed by atoms with Crippen LogP contribution in [0.2, 0.25) is 5.02 Å². The summed E-state index contributed by atoms with van der Waals surface area (Å²) in [6.07, 6.45) is 2.18. The zero-order chi connectivity index (χ0) is 20.9. The van der Waals surface area contributed by atoms with Crippen molar-refractivity contribution >= 4 is 38.9 Å². The number of carbonyl (C=O) groups excluding carboxylic acids is 1. The van der Waals surface area contributed by atoms with Gasteiger partial charge >= 0.3 is 0 Å². The zero-order valence-electron chi connectivity index (χ0n) is 15.4. The van der Waals surface area contributed by atoms with Gasteiger partial charge in [0.2, 0.25) is 0 Å². The van der Waals surface area contributed by atoms with Crippen LogP contribution >= 0.6 is 11.6 Å². The van der Waals surface area contributed by atoms with Gasteiger partial charge in [0.25, 0.3) is 15.9 Å². The number of rotatable bonds is 7. The van der Waals surface area contributed by atoms with Gasteiger partial charge in [-0.3, -0.25) is 14.5 Å². The van der Waals surface area contributed by atoms with Gasteiger partial charge in [-0.05, 0) is 61.5 Å². The number of carbonyl (C=O) groups is 1. The minimum atomic E-state index is -3.76. The van der Waals surface area contributed by atoms with E-state index < -0.39 is 16.1 Å². The predicted molar refractivity (Wildman–Crippen MR) is 112 cm³/mol. The van der Waals surface area contributed by atoms with Crippen LogP contribution in [0.4, 0.5) is 11.4 Å². The van der Waals surface area contributed by atoms with E-state index in [9.17, 15) is 13.2 Å². The van der Waals surface area contributed by atoms with Gasteiger partial charge < -0.3 is 10.1 Å². The minimum Gasteiger partial charge on any atom is -0.481 e. The van der Waals surface area contributed by atoms with Gasteiger partial charge in [-0.15, -0.1) is 0 Å². The molecule has 3 aromatic rings. The second kappa shape index (κ2) is 8.93. The van der Waals surface area contributed by atoms with Crippen LogP contribution < -0.4 is 14.8 Å². The van der Waals surface area contributed by atoms with E-state index in [4.69, 9.17) is 16.3 Å². The first-order valence-electron chi connectivity index (χ1n) is 8.59. The van der Waals surface area contributed by atoms with Gasteiger partial charge in [-0.25, -0.2) is 8.42 Å². The van der Waals surface area contributed by atoms with E-state index in [1.54, 1.807) is 49.5 Å². The highest BCUT2D eigenvalue weighted by molar-refractivity contribution is 7.92. The fraction of sp³-hybridized carbons (Fsp3) is 0.100. The minimum absolute atomic E-state index is 0.0579. The Kier molecular flexibility index (Phi) is 6.36. The van der Waals surface area contributed by atoms with Crippen LogP contribution in [-0.2, 0) is 14.8 Å². The lowest BCUT2D eigenvalue weighted by atomic mass is 10.3. The lowest BCUT2D eigenvalue weighted by Crippen LogP contribution is -2.30. The number of ether oxygens (including phenoxy) is 1. The fourth-order valence-corrected chi connectivity index (χ4v) is 3.62. The molecule has 3 rings (SSSR count). The topological polar surface area (TPSA) is 97.4 Å². The number of amides is 1. The summed E-state index contributed by atoms with van der Waals surface area (Å²) in [5, 5.41) is 3.19. The molecule has 1 unspecified atom stereocenters. The molecule has 1 amide bonds. The summed E-state index contributed by atoms with van der Waals surface area (Å²) in [5.41, 5.74) is 0.800. The maximum atomic E-state index is 12.4. The summed E-state index contributed by atoms with van der Waals surface area (Å²) in [6.45, 7) is 1.60. The number of nitrogens with one attached hydrogen (secondary N) is 2. The summed E-state index contributed by atoms with van der Waals surface area (Å²) in [6, 6.07) is 15.8. The van der Waals surface area contributed by atoms with Crippen LogP contribution in [0.25, 0.3) is 0 Å². The summed E-state index contributed by atoms with van der Waals surface area (Å²) in [7, 11) is -3.76. The average molecular weight is 432 g/mol. The smallest absolute Gasteiger partial charge is 0.265 e. The lowest BCUT2D eigenvalue weighted by molar-refractivity contribution is -0.122. The van der Waals surface area contributed by atoms with Gasteiger partial charge in [0, 0.05) is 16.9 Å². The highest BCUT2D eigenvalue weighted by Crippen LogP contribution is 2.20. The second-order valence-electron chi connectivity index (χ2n) is 6.08. The van der Waals surface area contributed by atoms with E-state index in [1.807, 2.05) is 0 Å². The van der Waals surface area contributed by atoms with Gasteiger partial charge in [0.15, 0.2) is 6.10 Å². The Morgan fingerprint density at radius 1 is 1.07 bits per heavy atom. The molecule has 9 heteroatoms. The number of hydrogen-bond donors (Lipinski definition) is 2. The molecule has 7 nitrogen and oxygen atoms in total. The number of anilines is 2. The molecule has 0 spiro atoms. The number of hydrogen-bond acceptors (Lipinski definition) is 5. The number of halogens is 1. The number of benzene rings is 2. The largest absolute Gasteiger partial charge is 0.481 e. The molecule has 150 valence electrons. The first kappa shape index (κ1) is 20.6. The van der Waals surface area contributed by atoms with Crippen molar-refractivity contribution in [3.05, 3.63) is 78.1 Å². The lowest BCUT2D eigenvalue weighted by Gasteiger charge is -2.15. The molecule has 2 N–H and O–H groups in total. The van der Waals surface area contributed by atoms with Crippen molar-refractivity contribution in [2.45, 2.75) is 17.9 Å². The third-order valence-corrected chi connectivity index (χ3v) is 5.46. The van der Waals surface area contributed by atoms with E-state index in [0.29, 0.717) is 22.1 Å². The first-order chi connectivity index (χ1) is 13.8. The molecular weight excluding hydrogens is 414 g/mol. The molecule has 0 fully saturated rings. The summed E-state index contributed by atoms with van der Waals surface area (Å²) >= 11 is 5.90. The molecule has 2 aromatic carbocycles. The van der Waals surface area contributed by atoms with E-state index in [0.717, 1.165) is 0 Å². The Morgan fingerprint density at radius 3 is 2.48 bits per heavy atom. The Labute approximate surface area is 173 Å². The molecular formula is C20H18ClN3O4S. The van der Waals surface area contributed by atoms with Crippen LogP contribution in [0, 0.1) is 0 Å². The summed E-state index contributed by atoms with van der Waals surface area (Å²) < 4.78 is 32.8. The van der Waals surface area contributed by atoms with Gasteiger partial charge in [0.05, 0.1) is 16.8 Å². The summed E-state index contributed by atoms with van der Waals surface area (Å²) in [5.74, 6) is 0.0946. The molecule has 0 radical (unpaired) electrons. The van der Waals surface area contributed by atoms with Crippen molar-refractivity contribution in [2.24, 2.45) is 0 Å². The van der Waals surface area contributed by atoms with Gasteiger partial charge in [-0.1, -0.05) is 17.7 Å². The van der Waals surface area contributed by atoms with Crippen LogP contribution in [-0.4, -0.2) is 25.4 Å². The van der Waals surface area contributed by atoms with Crippen molar-refractivity contribution in [3.8, 4) is 5.75 Å². The van der Waals surface area contributed by atoms with Crippen LogP contribution in [0.5, 0.6) is 5.75 Å². The molecule has 1 aromatic heterocycles. The Bertz CT molecular complexity index is 1090. The van der Waals surface area contributed by atoms with Crippen molar-refractivity contribution in [1.82, 2.24) is 4.98 Å². The second-order valence-corrected chi connectivity index (χ2v) is 8.20. The predicted octanol–water partition coefficient (Wildman–Crippen LogP) is 3.94. The molecule has 0 saturated carbocycles. The highest BCUT2D eigenvalue weighted by atomic mass is 35.5. The standard InChI is InChI=1S/C20H18ClN3O4S/c1-14(28-18-6-2-4-15(21)12-18)20(25)23-16-7-9-19(10-8-16)29(26,27)24-17-5-3-11-22-13-17/h2-14,24H,1H3,(H,23,25). The monoisotopic (exact) mass is 431 g/mol. The number of aromatic nitrogens is 1.